The molecule has 0 amide bonds. The number of hydrogen-bond acceptors (Lipinski definition) is 3. The first-order valence-corrected chi connectivity index (χ1v) is 4.66. The summed E-state index contributed by atoms with van der Waals surface area (Å²) >= 11 is 1.62. The molecule has 0 radical (unpaired) electrons. The summed E-state index contributed by atoms with van der Waals surface area (Å²) in [6, 6.07) is 4.06. The van der Waals surface area contributed by atoms with E-state index in [0.29, 0.717) is 0 Å². The minimum Gasteiger partial charge on any atom is -0.310 e. The Labute approximate surface area is 76.8 Å². The van der Waals surface area contributed by atoms with Gasteiger partial charge in [-0.15, -0.1) is 11.3 Å². The molecule has 1 rings (SSSR count). The summed E-state index contributed by atoms with van der Waals surface area (Å²) in [5.41, 5.74) is 0.720. The predicted molar refractivity (Wildman–Crippen MR) is 51.1 cm³/mol. The molecule has 1 heterocycles. The first-order valence-electron chi connectivity index (χ1n) is 3.78. The smallest absolute Gasteiger partial charge is 0.100 e. The van der Waals surface area contributed by atoms with Gasteiger partial charge in [0.1, 0.15) is 6.07 Å². The summed E-state index contributed by atoms with van der Waals surface area (Å²) in [6.45, 7) is 4.19. The van der Waals surface area contributed by atoms with E-state index in [-0.39, 0.29) is 5.54 Å². The van der Waals surface area contributed by atoms with E-state index in [0.717, 1.165) is 5.56 Å². The molecule has 2 nitrogen and oxygen atoms in total. The largest absolute Gasteiger partial charge is 0.310 e. The number of thiophene rings is 1. The van der Waals surface area contributed by atoms with Crippen molar-refractivity contribution in [3.05, 3.63) is 21.9 Å². The Morgan fingerprint density at radius 3 is 2.67 bits per heavy atom. The van der Waals surface area contributed by atoms with Gasteiger partial charge >= 0.3 is 0 Å². The second kappa shape index (κ2) is 3.26. The van der Waals surface area contributed by atoms with Crippen LogP contribution in [0, 0.1) is 11.3 Å². The summed E-state index contributed by atoms with van der Waals surface area (Å²) < 4.78 is 0. The normalized spacial score (nSPS) is 11.2. The number of nitriles is 1. The number of hydrogen-bond donors (Lipinski definition) is 1. The zero-order valence-electron chi connectivity index (χ0n) is 7.51. The average Bonchev–Trinajstić information content (AvgIpc) is 2.52. The molecule has 1 aromatic rings. The van der Waals surface area contributed by atoms with Crippen molar-refractivity contribution in [3.8, 4) is 6.07 Å². The zero-order chi connectivity index (χ0) is 9.19. The van der Waals surface area contributed by atoms with E-state index in [4.69, 9.17) is 5.26 Å². The number of nitrogens with one attached hydrogen (secondary N) is 1. The molecule has 0 aromatic carbocycles. The maximum Gasteiger partial charge on any atom is 0.100 e. The Kier molecular flexibility index (Phi) is 2.51. The molecular weight excluding hydrogens is 168 g/mol. The highest BCUT2D eigenvalue weighted by Gasteiger charge is 2.19. The minimum absolute atomic E-state index is 0.0280. The Hall–Kier alpha value is -0.850. The molecule has 0 saturated heterocycles. The van der Waals surface area contributed by atoms with Gasteiger partial charge in [0.2, 0.25) is 0 Å². The summed E-state index contributed by atoms with van der Waals surface area (Å²) in [5.74, 6) is 0. The molecule has 12 heavy (non-hydrogen) atoms. The molecular formula is C9H12N2S. The lowest BCUT2D eigenvalue weighted by molar-refractivity contribution is 0.454. The van der Waals surface area contributed by atoms with E-state index in [9.17, 15) is 0 Å². The van der Waals surface area contributed by atoms with Crippen LogP contribution in [0.1, 0.15) is 24.3 Å². The highest BCUT2D eigenvalue weighted by atomic mass is 32.1. The molecule has 0 bridgehead atoms. The quantitative estimate of drug-likeness (QED) is 0.756. The fourth-order valence-corrected chi connectivity index (χ4v) is 1.81. The predicted octanol–water partition coefficient (Wildman–Crippen LogP) is 2.07. The topological polar surface area (TPSA) is 35.8 Å². The molecule has 0 fully saturated rings. The molecule has 0 aliphatic heterocycles. The third-order valence-electron chi connectivity index (χ3n) is 1.97. The molecule has 0 aliphatic carbocycles. The van der Waals surface area contributed by atoms with E-state index >= 15 is 0 Å². The van der Waals surface area contributed by atoms with Crippen molar-refractivity contribution in [2.45, 2.75) is 19.4 Å². The van der Waals surface area contributed by atoms with Crippen molar-refractivity contribution >= 4 is 11.3 Å². The van der Waals surface area contributed by atoms with Crippen molar-refractivity contribution in [3.63, 3.8) is 0 Å². The fraction of sp³-hybridized carbons (Fsp3) is 0.444. The van der Waals surface area contributed by atoms with E-state index in [1.54, 1.807) is 11.3 Å². The SMILES string of the molecule is CNC(C)(C)c1cc(C#N)cs1. The van der Waals surface area contributed by atoms with Crippen LogP contribution in [0.25, 0.3) is 0 Å². The van der Waals surface area contributed by atoms with Gasteiger partial charge in [-0.25, -0.2) is 0 Å². The highest BCUT2D eigenvalue weighted by molar-refractivity contribution is 7.10. The first-order chi connectivity index (χ1) is 5.60. The lowest BCUT2D eigenvalue weighted by Crippen LogP contribution is -2.31. The van der Waals surface area contributed by atoms with Crippen LogP contribution in [0.15, 0.2) is 11.4 Å². The van der Waals surface area contributed by atoms with Crippen LogP contribution in [0.5, 0.6) is 0 Å². The van der Waals surface area contributed by atoms with Gasteiger partial charge in [-0.05, 0) is 27.0 Å². The molecule has 0 unspecified atom stereocenters. The van der Waals surface area contributed by atoms with Crippen LogP contribution in [0.2, 0.25) is 0 Å². The lowest BCUT2D eigenvalue weighted by Gasteiger charge is -2.21. The van der Waals surface area contributed by atoms with Gasteiger partial charge in [0.05, 0.1) is 5.56 Å². The fourth-order valence-electron chi connectivity index (χ4n) is 0.846. The maximum atomic E-state index is 8.63. The second-order valence-corrected chi connectivity index (χ2v) is 4.10. The van der Waals surface area contributed by atoms with Gasteiger partial charge in [-0.1, -0.05) is 0 Å². The average molecular weight is 180 g/mol. The third kappa shape index (κ3) is 1.66. The van der Waals surface area contributed by atoms with E-state index in [1.165, 1.54) is 4.88 Å². The van der Waals surface area contributed by atoms with Crippen LogP contribution in [-0.2, 0) is 5.54 Å². The molecule has 3 heteroatoms. The molecule has 64 valence electrons. The Balaban J connectivity index is 2.98. The summed E-state index contributed by atoms with van der Waals surface area (Å²) in [5, 5.41) is 13.7. The van der Waals surface area contributed by atoms with Crippen LogP contribution in [0.4, 0.5) is 0 Å². The van der Waals surface area contributed by atoms with Gasteiger partial charge in [0.25, 0.3) is 0 Å². The van der Waals surface area contributed by atoms with Crippen molar-refractivity contribution in [2.24, 2.45) is 0 Å². The van der Waals surface area contributed by atoms with Gasteiger partial charge < -0.3 is 5.32 Å². The minimum atomic E-state index is -0.0280. The standard InChI is InChI=1S/C9H12N2S/c1-9(2,11-3)8-4-7(5-10)6-12-8/h4,6,11H,1-3H3. The van der Waals surface area contributed by atoms with Crippen LogP contribution in [0.3, 0.4) is 0 Å². The zero-order valence-corrected chi connectivity index (χ0v) is 8.33. The maximum absolute atomic E-state index is 8.63. The summed E-state index contributed by atoms with van der Waals surface area (Å²) in [4.78, 5) is 1.20. The van der Waals surface area contributed by atoms with E-state index in [1.807, 2.05) is 18.5 Å². The van der Waals surface area contributed by atoms with Crippen LogP contribution in [-0.4, -0.2) is 7.05 Å². The van der Waals surface area contributed by atoms with Crippen molar-refractivity contribution in [2.75, 3.05) is 7.05 Å². The van der Waals surface area contributed by atoms with E-state index in [2.05, 4.69) is 25.2 Å². The molecule has 0 aliphatic rings. The Morgan fingerprint density at radius 1 is 1.58 bits per heavy atom. The Bertz CT molecular complexity index is 307. The number of rotatable bonds is 2. The highest BCUT2D eigenvalue weighted by Crippen LogP contribution is 2.26. The van der Waals surface area contributed by atoms with Gasteiger partial charge in [0.15, 0.2) is 0 Å². The molecule has 0 atom stereocenters. The second-order valence-electron chi connectivity index (χ2n) is 3.19. The third-order valence-corrected chi connectivity index (χ3v) is 3.22. The van der Waals surface area contributed by atoms with Crippen LogP contribution < -0.4 is 5.32 Å². The van der Waals surface area contributed by atoms with Crippen molar-refractivity contribution in [1.29, 1.82) is 5.26 Å². The summed E-state index contributed by atoms with van der Waals surface area (Å²) in [6.07, 6.45) is 0. The molecule has 1 N–H and O–H groups in total. The number of nitrogens with zero attached hydrogens (tertiary/aromatic N) is 1. The van der Waals surface area contributed by atoms with Crippen LogP contribution >= 0.6 is 11.3 Å². The summed E-state index contributed by atoms with van der Waals surface area (Å²) in [7, 11) is 1.92. The molecule has 0 saturated carbocycles. The molecule has 1 aromatic heterocycles. The van der Waals surface area contributed by atoms with Crippen molar-refractivity contribution in [1.82, 2.24) is 5.32 Å². The van der Waals surface area contributed by atoms with Gasteiger partial charge in [-0.2, -0.15) is 5.26 Å². The lowest BCUT2D eigenvalue weighted by atomic mass is 10.0. The molecule has 0 spiro atoms. The monoisotopic (exact) mass is 180 g/mol. The van der Waals surface area contributed by atoms with Gasteiger partial charge in [-0.3, -0.25) is 0 Å². The van der Waals surface area contributed by atoms with Gasteiger partial charge in [0, 0.05) is 15.8 Å². The van der Waals surface area contributed by atoms with Crippen molar-refractivity contribution < 1.29 is 0 Å². The first kappa shape index (κ1) is 9.24. The Morgan fingerprint density at radius 2 is 2.25 bits per heavy atom. The van der Waals surface area contributed by atoms with E-state index < -0.39 is 0 Å².